The fourth-order valence-electron chi connectivity index (χ4n) is 1.38. The fourth-order valence-corrected chi connectivity index (χ4v) is 2.57. The predicted molar refractivity (Wildman–Crippen MR) is 50.7 cm³/mol. The van der Waals surface area contributed by atoms with Crippen LogP contribution in [0.15, 0.2) is 18.7 Å². The minimum Gasteiger partial charge on any atom is -0.308 e. The first-order valence-corrected chi connectivity index (χ1v) is 5.68. The lowest BCUT2D eigenvalue weighted by Gasteiger charge is -2.22. The molecule has 0 spiro atoms. The van der Waals surface area contributed by atoms with Gasteiger partial charge in [0.1, 0.15) is 6.33 Å². The van der Waals surface area contributed by atoms with Gasteiger partial charge in [-0.25, -0.2) is 9.97 Å². The van der Waals surface area contributed by atoms with Crippen LogP contribution in [0.4, 0.5) is 0 Å². The zero-order valence-electron chi connectivity index (χ0n) is 7.14. The van der Waals surface area contributed by atoms with Gasteiger partial charge in [0, 0.05) is 52.8 Å². The second-order valence-electron chi connectivity index (χ2n) is 2.99. The standard InChI is InChI=1S/C8H11N3OS/c12-13-2-1-11-8(5-13)7-3-9-6-10-4-7/h3-4,6,8,11H,1-2,5H2. The molecule has 1 aliphatic rings. The molecule has 1 aromatic rings. The van der Waals surface area contributed by atoms with Crippen molar-refractivity contribution in [1.29, 1.82) is 0 Å². The first kappa shape index (κ1) is 8.77. The van der Waals surface area contributed by atoms with Crippen molar-refractivity contribution in [3.63, 3.8) is 0 Å². The van der Waals surface area contributed by atoms with Gasteiger partial charge < -0.3 is 5.32 Å². The molecule has 0 aliphatic carbocycles. The van der Waals surface area contributed by atoms with E-state index in [0.29, 0.717) is 5.75 Å². The Morgan fingerprint density at radius 2 is 2.23 bits per heavy atom. The van der Waals surface area contributed by atoms with E-state index in [-0.39, 0.29) is 6.04 Å². The summed E-state index contributed by atoms with van der Waals surface area (Å²) in [4.78, 5) is 7.87. The summed E-state index contributed by atoms with van der Waals surface area (Å²) >= 11 is 0. The van der Waals surface area contributed by atoms with Gasteiger partial charge in [-0.2, -0.15) is 0 Å². The summed E-state index contributed by atoms with van der Waals surface area (Å²) in [6.45, 7) is 0.812. The van der Waals surface area contributed by atoms with Crippen LogP contribution >= 0.6 is 0 Å². The molecule has 1 fully saturated rings. The van der Waals surface area contributed by atoms with Crippen molar-refractivity contribution >= 4 is 10.8 Å². The van der Waals surface area contributed by atoms with Crippen molar-refractivity contribution in [3.8, 4) is 0 Å². The highest BCUT2D eigenvalue weighted by atomic mass is 32.2. The summed E-state index contributed by atoms with van der Waals surface area (Å²) in [5.41, 5.74) is 1.02. The van der Waals surface area contributed by atoms with Gasteiger partial charge in [0.2, 0.25) is 0 Å². The van der Waals surface area contributed by atoms with E-state index in [2.05, 4.69) is 15.3 Å². The van der Waals surface area contributed by atoms with Crippen LogP contribution in [0.3, 0.4) is 0 Å². The number of hydrogen-bond donors (Lipinski definition) is 1. The molecular weight excluding hydrogens is 186 g/mol. The molecule has 1 N–H and O–H groups in total. The van der Waals surface area contributed by atoms with Crippen LogP contribution in [0.25, 0.3) is 0 Å². The molecule has 0 amide bonds. The van der Waals surface area contributed by atoms with Crippen molar-refractivity contribution in [2.24, 2.45) is 0 Å². The van der Waals surface area contributed by atoms with E-state index in [1.54, 1.807) is 12.4 Å². The van der Waals surface area contributed by atoms with E-state index in [4.69, 9.17) is 0 Å². The number of aromatic nitrogens is 2. The monoisotopic (exact) mass is 197 g/mol. The lowest BCUT2D eigenvalue weighted by Crippen LogP contribution is -2.36. The zero-order valence-corrected chi connectivity index (χ0v) is 7.96. The molecule has 0 radical (unpaired) electrons. The van der Waals surface area contributed by atoms with E-state index in [1.165, 1.54) is 6.33 Å². The molecule has 0 aromatic carbocycles. The van der Waals surface area contributed by atoms with Crippen LogP contribution in [-0.4, -0.2) is 32.2 Å². The van der Waals surface area contributed by atoms with Crippen LogP contribution in [0.2, 0.25) is 0 Å². The summed E-state index contributed by atoms with van der Waals surface area (Å²) in [5.74, 6) is 1.43. The predicted octanol–water partition coefficient (Wildman–Crippen LogP) is -0.130. The maximum atomic E-state index is 11.3. The van der Waals surface area contributed by atoms with Crippen LogP contribution in [-0.2, 0) is 10.8 Å². The normalized spacial score (nSPS) is 28.6. The van der Waals surface area contributed by atoms with Crippen molar-refractivity contribution in [2.45, 2.75) is 6.04 Å². The van der Waals surface area contributed by atoms with Gasteiger partial charge in [0.25, 0.3) is 0 Å². The van der Waals surface area contributed by atoms with Crippen molar-refractivity contribution in [1.82, 2.24) is 15.3 Å². The highest BCUT2D eigenvalue weighted by molar-refractivity contribution is 7.85. The summed E-state index contributed by atoms with van der Waals surface area (Å²) < 4.78 is 11.3. The van der Waals surface area contributed by atoms with Crippen molar-refractivity contribution < 1.29 is 4.21 Å². The zero-order chi connectivity index (χ0) is 9.10. The smallest absolute Gasteiger partial charge is 0.115 e. The molecule has 1 aromatic heterocycles. The second kappa shape index (κ2) is 3.93. The van der Waals surface area contributed by atoms with Gasteiger partial charge in [-0.05, 0) is 0 Å². The molecule has 2 rings (SSSR count). The van der Waals surface area contributed by atoms with Gasteiger partial charge in [-0.15, -0.1) is 0 Å². The lowest BCUT2D eigenvalue weighted by atomic mass is 10.2. The summed E-state index contributed by atoms with van der Waals surface area (Å²) in [7, 11) is -0.689. The molecule has 1 saturated heterocycles. The lowest BCUT2D eigenvalue weighted by molar-refractivity contribution is 0.569. The van der Waals surface area contributed by atoms with Gasteiger partial charge in [0.15, 0.2) is 0 Å². The van der Waals surface area contributed by atoms with Gasteiger partial charge in [-0.1, -0.05) is 0 Å². The Morgan fingerprint density at radius 1 is 1.46 bits per heavy atom. The Hall–Kier alpha value is -0.810. The topological polar surface area (TPSA) is 54.9 Å². The Kier molecular flexibility index (Phi) is 2.65. The van der Waals surface area contributed by atoms with Gasteiger partial charge in [0.05, 0.1) is 0 Å². The van der Waals surface area contributed by atoms with Crippen LogP contribution in [0.1, 0.15) is 11.6 Å². The number of rotatable bonds is 1. The molecule has 5 heteroatoms. The molecule has 1 aliphatic heterocycles. The SMILES string of the molecule is O=S1CCNC(c2cncnc2)C1. The fraction of sp³-hybridized carbons (Fsp3) is 0.500. The Morgan fingerprint density at radius 3 is 2.92 bits per heavy atom. The largest absolute Gasteiger partial charge is 0.308 e. The minimum absolute atomic E-state index is 0.163. The number of hydrogen-bond acceptors (Lipinski definition) is 4. The molecule has 0 bridgehead atoms. The maximum Gasteiger partial charge on any atom is 0.115 e. The van der Waals surface area contributed by atoms with E-state index >= 15 is 0 Å². The van der Waals surface area contributed by atoms with Crippen LogP contribution in [0, 0.1) is 0 Å². The summed E-state index contributed by atoms with van der Waals surface area (Å²) in [5, 5.41) is 3.29. The summed E-state index contributed by atoms with van der Waals surface area (Å²) in [6, 6.07) is 0.163. The molecule has 2 unspecified atom stereocenters. The highest BCUT2D eigenvalue weighted by Gasteiger charge is 2.19. The Labute approximate surface area is 79.2 Å². The second-order valence-corrected chi connectivity index (χ2v) is 4.61. The molecule has 0 saturated carbocycles. The minimum atomic E-state index is -0.689. The van der Waals surface area contributed by atoms with Crippen molar-refractivity contribution in [3.05, 3.63) is 24.3 Å². The van der Waals surface area contributed by atoms with Crippen LogP contribution < -0.4 is 5.32 Å². The molecule has 2 heterocycles. The van der Waals surface area contributed by atoms with E-state index in [0.717, 1.165) is 17.9 Å². The highest BCUT2D eigenvalue weighted by Crippen LogP contribution is 2.14. The quantitative estimate of drug-likeness (QED) is 0.681. The maximum absolute atomic E-state index is 11.3. The number of nitrogens with zero attached hydrogens (tertiary/aromatic N) is 2. The third-order valence-electron chi connectivity index (χ3n) is 2.06. The van der Waals surface area contributed by atoms with Gasteiger partial charge >= 0.3 is 0 Å². The number of nitrogens with one attached hydrogen (secondary N) is 1. The Bertz CT molecular complexity index is 304. The summed E-state index contributed by atoms with van der Waals surface area (Å²) in [6.07, 6.45) is 5.05. The molecule has 2 atom stereocenters. The molecule has 4 nitrogen and oxygen atoms in total. The molecular formula is C8H11N3OS. The average molecular weight is 197 g/mol. The van der Waals surface area contributed by atoms with Crippen molar-refractivity contribution in [2.75, 3.05) is 18.1 Å². The van der Waals surface area contributed by atoms with E-state index in [9.17, 15) is 4.21 Å². The van der Waals surface area contributed by atoms with Gasteiger partial charge in [-0.3, -0.25) is 4.21 Å². The third kappa shape index (κ3) is 2.10. The first-order chi connectivity index (χ1) is 6.36. The van der Waals surface area contributed by atoms with E-state index < -0.39 is 10.8 Å². The third-order valence-corrected chi connectivity index (χ3v) is 3.42. The average Bonchev–Trinajstić information content (AvgIpc) is 2.19. The first-order valence-electron chi connectivity index (χ1n) is 4.19. The Balaban J connectivity index is 2.13. The van der Waals surface area contributed by atoms with E-state index in [1.807, 2.05) is 0 Å². The van der Waals surface area contributed by atoms with Crippen LogP contribution in [0.5, 0.6) is 0 Å². The molecule has 70 valence electrons. The molecule has 13 heavy (non-hydrogen) atoms.